The molecule has 0 aliphatic heterocycles. The van der Waals surface area contributed by atoms with E-state index in [2.05, 4.69) is 0 Å². The van der Waals surface area contributed by atoms with E-state index in [9.17, 15) is 4.79 Å². The van der Waals surface area contributed by atoms with Crippen LogP contribution in [0.25, 0.3) is 0 Å². The molecule has 0 aliphatic carbocycles. The van der Waals surface area contributed by atoms with Crippen LogP contribution in [0.15, 0.2) is 48.5 Å². The highest BCUT2D eigenvalue weighted by Gasteiger charge is 2.11. The van der Waals surface area contributed by atoms with E-state index in [0.29, 0.717) is 15.6 Å². The van der Waals surface area contributed by atoms with E-state index in [1.165, 1.54) is 0 Å². The minimum atomic E-state index is -0.348. The smallest absolute Gasteiger partial charge is 0.310 e. The van der Waals surface area contributed by atoms with Crippen molar-refractivity contribution in [1.29, 1.82) is 0 Å². The Labute approximate surface area is 121 Å². The quantitative estimate of drug-likeness (QED) is 0.787. The third-order valence-electron chi connectivity index (χ3n) is 2.63. The highest BCUT2D eigenvalue weighted by molar-refractivity contribution is 6.36. The predicted octanol–water partition coefficient (Wildman–Crippen LogP) is 4.28. The Hall–Kier alpha value is -1.51. The summed E-state index contributed by atoms with van der Waals surface area (Å²) in [6.07, 6.45) is 0.0747. The summed E-state index contributed by atoms with van der Waals surface area (Å²) in [7, 11) is 0. The maximum absolute atomic E-state index is 11.8. The first kappa shape index (κ1) is 13.9. The number of hydrogen-bond donors (Lipinski definition) is 0. The number of benzene rings is 2. The lowest BCUT2D eigenvalue weighted by Crippen LogP contribution is -2.08. The average Bonchev–Trinajstić information content (AvgIpc) is 2.42. The van der Waals surface area contributed by atoms with Gasteiger partial charge in [0, 0.05) is 15.6 Å². The molecule has 0 N–H and O–H groups in total. The van der Waals surface area contributed by atoms with Gasteiger partial charge in [0.05, 0.1) is 6.42 Å². The number of rotatable bonds is 4. The van der Waals surface area contributed by atoms with Crippen molar-refractivity contribution >= 4 is 29.2 Å². The Bertz CT molecular complexity index is 547. The molecule has 0 saturated carbocycles. The molecule has 0 fully saturated rings. The fourth-order valence-corrected chi connectivity index (χ4v) is 2.17. The molecule has 2 aromatic carbocycles. The predicted molar refractivity (Wildman–Crippen MR) is 76.4 cm³/mol. The molecule has 0 radical (unpaired) electrons. The molecule has 2 rings (SSSR count). The number of carbonyl (C=O) groups excluding carboxylic acids is 1. The summed E-state index contributed by atoms with van der Waals surface area (Å²) in [5, 5.41) is 0.952. The Balaban J connectivity index is 1.95. The van der Waals surface area contributed by atoms with Crippen molar-refractivity contribution in [1.82, 2.24) is 0 Å². The van der Waals surface area contributed by atoms with Crippen molar-refractivity contribution < 1.29 is 9.53 Å². The lowest BCUT2D eigenvalue weighted by molar-refractivity contribution is -0.144. The lowest BCUT2D eigenvalue weighted by Gasteiger charge is -2.07. The first-order valence-corrected chi connectivity index (χ1v) is 6.55. The van der Waals surface area contributed by atoms with Crippen LogP contribution < -0.4 is 0 Å². The van der Waals surface area contributed by atoms with Crippen LogP contribution in [-0.4, -0.2) is 5.97 Å². The Morgan fingerprint density at radius 2 is 1.58 bits per heavy atom. The molecule has 0 aromatic heterocycles. The molecule has 0 bridgehead atoms. The van der Waals surface area contributed by atoms with Gasteiger partial charge in [-0.15, -0.1) is 0 Å². The molecular weight excluding hydrogens is 283 g/mol. The second-order valence-electron chi connectivity index (χ2n) is 4.02. The van der Waals surface area contributed by atoms with Gasteiger partial charge in [-0.3, -0.25) is 4.79 Å². The molecular formula is C15H12Cl2O2. The second-order valence-corrected chi connectivity index (χ2v) is 4.84. The molecule has 98 valence electrons. The van der Waals surface area contributed by atoms with Gasteiger partial charge in [0.15, 0.2) is 0 Å². The van der Waals surface area contributed by atoms with Gasteiger partial charge in [-0.1, -0.05) is 59.6 Å². The molecule has 2 aromatic rings. The Morgan fingerprint density at radius 3 is 2.21 bits per heavy atom. The highest BCUT2D eigenvalue weighted by atomic mass is 35.5. The van der Waals surface area contributed by atoms with E-state index in [-0.39, 0.29) is 19.0 Å². The first-order chi connectivity index (χ1) is 9.16. The van der Waals surface area contributed by atoms with Crippen molar-refractivity contribution in [3.8, 4) is 0 Å². The van der Waals surface area contributed by atoms with Crippen LogP contribution in [0.2, 0.25) is 10.0 Å². The van der Waals surface area contributed by atoms with Crippen LogP contribution in [0.1, 0.15) is 11.1 Å². The van der Waals surface area contributed by atoms with Crippen LogP contribution >= 0.6 is 23.2 Å². The summed E-state index contributed by atoms with van der Waals surface area (Å²) in [4.78, 5) is 11.8. The lowest BCUT2D eigenvalue weighted by atomic mass is 10.1. The van der Waals surface area contributed by atoms with Gasteiger partial charge in [0.25, 0.3) is 0 Å². The summed E-state index contributed by atoms with van der Waals surface area (Å²) in [5.74, 6) is -0.348. The Kier molecular flexibility index (Phi) is 4.83. The van der Waals surface area contributed by atoms with Crippen LogP contribution in [-0.2, 0) is 22.6 Å². The van der Waals surface area contributed by atoms with Gasteiger partial charge in [0.1, 0.15) is 6.61 Å². The van der Waals surface area contributed by atoms with Crippen molar-refractivity contribution in [2.24, 2.45) is 0 Å². The molecule has 0 unspecified atom stereocenters. The van der Waals surface area contributed by atoms with Crippen LogP contribution in [0.4, 0.5) is 0 Å². The van der Waals surface area contributed by atoms with Gasteiger partial charge in [0.2, 0.25) is 0 Å². The number of esters is 1. The maximum atomic E-state index is 11.8. The number of halogens is 2. The van der Waals surface area contributed by atoms with Crippen LogP contribution in [0, 0.1) is 0 Å². The van der Waals surface area contributed by atoms with Crippen LogP contribution in [0.5, 0.6) is 0 Å². The van der Waals surface area contributed by atoms with Crippen molar-refractivity contribution in [2.75, 3.05) is 0 Å². The molecule has 2 nitrogen and oxygen atoms in total. The molecule has 0 heterocycles. The van der Waals surface area contributed by atoms with Crippen molar-refractivity contribution in [3.63, 3.8) is 0 Å². The molecule has 0 spiro atoms. The zero-order valence-electron chi connectivity index (χ0n) is 10.1. The molecule has 0 amide bonds. The summed E-state index contributed by atoms with van der Waals surface area (Å²) in [6, 6.07) is 14.6. The molecule has 0 aliphatic rings. The topological polar surface area (TPSA) is 26.3 Å². The maximum Gasteiger partial charge on any atom is 0.310 e. The standard InChI is InChI=1S/C15H12Cl2O2/c16-13-7-4-8-14(17)12(13)9-15(18)19-10-11-5-2-1-3-6-11/h1-8H,9-10H2. The van der Waals surface area contributed by atoms with Gasteiger partial charge in [-0.05, 0) is 17.7 Å². The zero-order chi connectivity index (χ0) is 13.7. The largest absolute Gasteiger partial charge is 0.461 e. The van der Waals surface area contributed by atoms with Gasteiger partial charge >= 0.3 is 5.97 Å². The van der Waals surface area contributed by atoms with Gasteiger partial charge in [-0.2, -0.15) is 0 Å². The van der Waals surface area contributed by atoms with Crippen molar-refractivity contribution in [2.45, 2.75) is 13.0 Å². The van der Waals surface area contributed by atoms with Crippen molar-refractivity contribution in [3.05, 3.63) is 69.7 Å². The number of ether oxygens (including phenoxy) is 1. The van der Waals surface area contributed by atoms with Crippen LogP contribution in [0.3, 0.4) is 0 Å². The van der Waals surface area contributed by atoms with E-state index in [0.717, 1.165) is 5.56 Å². The summed E-state index contributed by atoms with van der Waals surface area (Å²) in [6.45, 7) is 0.252. The second kappa shape index (κ2) is 6.60. The molecule has 4 heteroatoms. The normalized spacial score (nSPS) is 10.2. The number of hydrogen-bond acceptors (Lipinski definition) is 2. The van der Waals surface area contributed by atoms with E-state index in [1.807, 2.05) is 30.3 Å². The molecule has 0 atom stereocenters. The summed E-state index contributed by atoms with van der Waals surface area (Å²) < 4.78 is 5.19. The van der Waals surface area contributed by atoms with E-state index in [4.69, 9.17) is 27.9 Å². The monoisotopic (exact) mass is 294 g/mol. The minimum Gasteiger partial charge on any atom is -0.461 e. The fraction of sp³-hybridized carbons (Fsp3) is 0.133. The SMILES string of the molecule is O=C(Cc1c(Cl)cccc1Cl)OCc1ccccc1. The average molecular weight is 295 g/mol. The first-order valence-electron chi connectivity index (χ1n) is 5.79. The fourth-order valence-electron chi connectivity index (χ4n) is 1.63. The summed E-state index contributed by atoms with van der Waals surface area (Å²) in [5.41, 5.74) is 1.55. The van der Waals surface area contributed by atoms with Gasteiger partial charge < -0.3 is 4.74 Å². The highest BCUT2D eigenvalue weighted by Crippen LogP contribution is 2.24. The number of carbonyl (C=O) groups is 1. The molecule has 19 heavy (non-hydrogen) atoms. The third-order valence-corrected chi connectivity index (χ3v) is 3.33. The molecule has 0 saturated heterocycles. The van der Waals surface area contributed by atoms with Gasteiger partial charge in [-0.25, -0.2) is 0 Å². The van der Waals surface area contributed by atoms with E-state index >= 15 is 0 Å². The minimum absolute atomic E-state index is 0.0747. The summed E-state index contributed by atoms with van der Waals surface area (Å²) >= 11 is 12.0. The Morgan fingerprint density at radius 1 is 0.947 bits per heavy atom. The zero-order valence-corrected chi connectivity index (χ0v) is 11.6. The third kappa shape index (κ3) is 3.98. The van der Waals surface area contributed by atoms with E-state index in [1.54, 1.807) is 18.2 Å². The van der Waals surface area contributed by atoms with E-state index < -0.39 is 0 Å².